The predicted molar refractivity (Wildman–Crippen MR) is 106 cm³/mol. The van der Waals surface area contributed by atoms with Gasteiger partial charge in [-0.15, -0.1) is 0 Å². The Bertz CT molecular complexity index is 1040. The van der Waals surface area contributed by atoms with Gasteiger partial charge in [-0.05, 0) is 42.0 Å². The molecular weight excluding hydrogens is 398 g/mol. The van der Waals surface area contributed by atoms with E-state index >= 15 is 0 Å². The van der Waals surface area contributed by atoms with Crippen molar-refractivity contribution in [2.24, 2.45) is 5.92 Å². The van der Waals surface area contributed by atoms with Crippen LogP contribution in [0.25, 0.3) is 11.1 Å². The minimum atomic E-state index is -3.32. The zero-order chi connectivity index (χ0) is 20.8. The third-order valence-corrected chi connectivity index (χ3v) is 6.34. The van der Waals surface area contributed by atoms with Gasteiger partial charge in [0.05, 0.1) is 11.8 Å². The highest BCUT2D eigenvalue weighted by molar-refractivity contribution is 7.88. The van der Waals surface area contributed by atoms with E-state index in [1.807, 2.05) is 6.07 Å². The molecule has 0 aromatic heterocycles. The maximum atomic E-state index is 14.3. The summed E-state index contributed by atoms with van der Waals surface area (Å²) in [6.45, 7) is 0.845. The lowest BCUT2D eigenvalue weighted by molar-refractivity contribution is -0.131. The van der Waals surface area contributed by atoms with Gasteiger partial charge < -0.3 is 4.90 Å². The van der Waals surface area contributed by atoms with Crippen LogP contribution in [0.3, 0.4) is 0 Å². The molecule has 0 unspecified atom stereocenters. The molecule has 1 saturated carbocycles. The molecule has 2 fully saturated rings. The highest BCUT2D eigenvalue weighted by Gasteiger charge is 2.47. The van der Waals surface area contributed by atoms with Gasteiger partial charge in [0.1, 0.15) is 11.6 Å². The molecule has 5 nitrogen and oxygen atoms in total. The lowest BCUT2D eigenvalue weighted by atomic mass is 9.95. The first-order valence-electron chi connectivity index (χ1n) is 9.54. The van der Waals surface area contributed by atoms with Crippen molar-refractivity contribution < 1.29 is 22.0 Å². The summed E-state index contributed by atoms with van der Waals surface area (Å²) >= 11 is 0. The van der Waals surface area contributed by atoms with Gasteiger partial charge in [-0.2, -0.15) is 0 Å². The molecule has 1 amide bonds. The Morgan fingerprint density at radius 2 is 1.79 bits per heavy atom. The molecule has 1 N–H and O–H groups in total. The molecule has 0 spiro atoms. The average molecular weight is 420 g/mol. The van der Waals surface area contributed by atoms with Gasteiger partial charge in [-0.3, -0.25) is 4.79 Å². The van der Waals surface area contributed by atoms with Crippen LogP contribution < -0.4 is 4.72 Å². The first-order valence-corrected chi connectivity index (χ1v) is 11.4. The summed E-state index contributed by atoms with van der Waals surface area (Å²) in [5.41, 5.74) is 1.17. The number of likely N-dealkylation sites (tertiary alicyclic amines) is 1. The molecule has 154 valence electrons. The van der Waals surface area contributed by atoms with Gasteiger partial charge >= 0.3 is 0 Å². The van der Waals surface area contributed by atoms with Gasteiger partial charge in [0.2, 0.25) is 15.9 Å². The van der Waals surface area contributed by atoms with E-state index in [4.69, 9.17) is 0 Å². The Kier molecular flexibility index (Phi) is 5.16. The molecule has 1 aliphatic carbocycles. The fraction of sp³-hybridized carbons (Fsp3) is 0.381. The Labute approximate surface area is 168 Å². The van der Waals surface area contributed by atoms with E-state index in [0.29, 0.717) is 31.5 Å². The van der Waals surface area contributed by atoms with Crippen molar-refractivity contribution in [2.75, 3.05) is 19.3 Å². The summed E-state index contributed by atoms with van der Waals surface area (Å²) in [6.07, 6.45) is 2.30. The molecule has 2 aliphatic rings. The van der Waals surface area contributed by atoms with Crippen molar-refractivity contribution in [3.8, 4) is 11.1 Å². The van der Waals surface area contributed by atoms with Gasteiger partial charge in [0.15, 0.2) is 0 Å². The Morgan fingerprint density at radius 3 is 2.48 bits per heavy atom. The number of halogens is 2. The third kappa shape index (κ3) is 4.18. The van der Waals surface area contributed by atoms with Crippen molar-refractivity contribution in [3.05, 3.63) is 59.7 Å². The minimum absolute atomic E-state index is 0.0309. The molecular formula is C21H22F2N2O3S. The largest absolute Gasteiger partial charge is 0.341 e. The van der Waals surface area contributed by atoms with E-state index in [0.717, 1.165) is 11.8 Å². The van der Waals surface area contributed by atoms with Crippen LogP contribution in [0.15, 0.2) is 42.5 Å². The molecule has 1 saturated heterocycles. The Hall–Kier alpha value is -2.32. The van der Waals surface area contributed by atoms with E-state index in [1.54, 1.807) is 23.1 Å². The number of hydrogen-bond acceptors (Lipinski definition) is 3. The fourth-order valence-electron chi connectivity index (χ4n) is 4.21. The van der Waals surface area contributed by atoms with E-state index in [9.17, 15) is 22.0 Å². The van der Waals surface area contributed by atoms with Gasteiger partial charge in [0, 0.05) is 25.0 Å². The SMILES string of the molecule is CS(=O)(=O)N[C@H]1CCN(C(=O)[C@@H]2C[C@H]2c2ccccc2-c2c(F)cccc2F)C1. The maximum Gasteiger partial charge on any atom is 0.226 e. The molecule has 3 atom stereocenters. The number of sulfonamides is 1. The summed E-state index contributed by atoms with van der Waals surface area (Å²) in [7, 11) is -3.32. The Balaban J connectivity index is 1.51. The minimum Gasteiger partial charge on any atom is -0.341 e. The number of hydrogen-bond donors (Lipinski definition) is 1. The van der Waals surface area contributed by atoms with Crippen LogP contribution in [-0.2, 0) is 14.8 Å². The molecule has 2 aromatic carbocycles. The molecule has 1 heterocycles. The summed E-state index contributed by atoms with van der Waals surface area (Å²) in [5, 5.41) is 0. The topological polar surface area (TPSA) is 66.5 Å². The van der Waals surface area contributed by atoms with Crippen LogP contribution in [0.1, 0.15) is 24.3 Å². The molecule has 0 bridgehead atoms. The molecule has 0 radical (unpaired) electrons. The highest BCUT2D eigenvalue weighted by atomic mass is 32.2. The number of rotatable bonds is 5. The second-order valence-corrected chi connectivity index (χ2v) is 9.57. The molecule has 1 aliphatic heterocycles. The summed E-state index contributed by atoms with van der Waals surface area (Å²) < 4.78 is 54.0. The van der Waals surface area contributed by atoms with E-state index in [2.05, 4.69) is 4.72 Å². The zero-order valence-electron chi connectivity index (χ0n) is 15.9. The van der Waals surface area contributed by atoms with E-state index < -0.39 is 21.7 Å². The lowest BCUT2D eigenvalue weighted by Crippen LogP contribution is -2.38. The van der Waals surface area contributed by atoms with Crippen LogP contribution in [0.5, 0.6) is 0 Å². The highest BCUT2D eigenvalue weighted by Crippen LogP contribution is 2.51. The lowest BCUT2D eigenvalue weighted by Gasteiger charge is -2.17. The fourth-order valence-corrected chi connectivity index (χ4v) is 5.01. The van der Waals surface area contributed by atoms with E-state index in [-0.39, 0.29) is 29.3 Å². The summed E-state index contributed by atoms with van der Waals surface area (Å²) in [5.74, 6) is -1.63. The molecule has 29 heavy (non-hydrogen) atoms. The van der Waals surface area contributed by atoms with Gasteiger partial charge in [0.25, 0.3) is 0 Å². The van der Waals surface area contributed by atoms with Gasteiger partial charge in [-0.25, -0.2) is 21.9 Å². The predicted octanol–water partition coefficient (Wildman–Crippen LogP) is 2.89. The van der Waals surface area contributed by atoms with Crippen molar-refractivity contribution in [3.63, 3.8) is 0 Å². The first-order chi connectivity index (χ1) is 13.7. The van der Waals surface area contributed by atoms with Gasteiger partial charge in [-0.1, -0.05) is 30.3 Å². The second-order valence-electron chi connectivity index (χ2n) is 7.79. The van der Waals surface area contributed by atoms with Crippen LogP contribution in [0.2, 0.25) is 0 Å². The van der Waals surface area contributed by atoms with Crippen LogP contribution in [-0.4, -0.2) is 44.6 Å². The van der Waals surface area contributed by atoms with Crippen molar-refractivity contribution in [1.29, 1.82) is 0 Å². The van der Waals surface area contributed by atoms with Crippen LogP contribution >= 0.6 is 0 Å². The molecule has 2 aromatic rings. The van der Waals surface area contributed by atoms with Crippen molar-refractivity contribution in [1.82, 2.24) is 9.62 Å². The first kappa shape index (κ1) is 20.0. The standard InChI is InChI=1S/C21H22F2N2O3S/c1-29(27,28)24-13-9-10-25(12-13)21(26)17-11-16(17)14-5-2-3-6-15(14)20-18(22)7-4-8-19(20)23/h2-8,13,16-17,24H,9-12H2,1H3/t13-,16-,17+/m0/s1. The zero-order valence-corrected chi connectivity index (χ0v) is 16.8. The van der Waals surface area contributed by atoms with Crippen LogP contribution in [0.4, 0.5) is 8.78 Å². The van der Waals surface area contributed by atoms with E-state index in [1.165, 1.54) is 18.2 Å². The average Bonchev–Trinajstić information content (AvgIpc) is 3.32. The molecule has 4 rings (SSSR count). The van der Waals surface area contributed by atoms with Crippen molar-refractivity contribution >= 4 is 15.9 Å². The quantitative estimate of drug-likeness (QED) is 0.809. The summed E-state index contributed by atoms with van der Waals surface area (Å²) in [4.78, 5) is 14.6. The number of nitrogens with zero attached hydrogens (tertiary/aromatic N) is 1. The number of benzene rings is 2. The van der Waals surface area contributed by atoms with Crippen molar-refractivity contribution in [2.45, 2.75) is 24.8 Å². The summed E-state index contributed by atoms with van der Waals surface area (Å²) in [6, 6.07) is 10.5. The monoisotopic (exact) mass is 420 g/mol. The normalized spacial score (nSPS) is 24.0. The third-order valence-electron chi connectivity index (χ3n) is 5.58. The number of nitrogens with one attached hydrogen (secondary N) is 1. The molecule has 8 heteroatoms. The Morgan fingerprint density at radius 1 is 1.10 bits per heavy atom. The second kappa shape index (κ2) is 7.50. The van der Waals surface area contributed by atoms with Crippen LogP contribution in [0, 0.1) is 17.6 Å². The number of carbonyl (C=O) groups excluding carboxylic acids is 1. The number of amides is 1. The maximum absolute atomic E-state index is 14.3. The number of carbonyl (C=O) groups is 1. The smallest absolute Gasteiger partial charge is 0.226 e.